The molecule has 0 spiro atoms. The smallest absolute Gasteiger partial charge is 0.162 e. The van der Waals surface area contributed by atoms with Crippen LogP contribution < -0.4 is 28.4 Å². The Bertz CT molecular complexity index is 1750. The molecule has 0 bridgehead atoms. The van der Waals surface area contributed by atoms with Crippen LogP contribution in [0.5, 0.6) is 34.5 Å². The fourth-order valence-electron chi connectivity index (χ4n) is 8.71. The second-order valence-electron chi connectivity index (χ2n) is 19.9. The van der Waals surface area contributed by atoms with E-state index in [1.807, 2.05) is 36.4 Å². The molecule has 6 heteroatoms. The molecule has 0 heterocycles. The van der Waals surface area contributed by atoms with E-state index < -0.39 is 0 Å². The molecule has 0 atom stereocenters. The van der Waals surface area contributed by atoms with Gasteiger partial charge in [0, 0.05) is 69.8 Å². The lowest BCUT2D eigenvalue weighted by Gasteiger charge is -2.16. The second-order valence-corrected chi connectivity index (χ2v) is 19.9. The van der Waals surface area contributed by atoms with Crippen molar-refractivity contribution in [1.29, 1.82) is 0 Å². The minimum atomic E-state index is 0.616. The van der Waals surface area contributed by atoms with E-state index in [1.54, 1.807) is 0 Å². The molecular weight excluding hydrogens is 889 g/mol. The molecule has 0 unspecified atom stereocenters. The maximum atomic E-state index is 6.59. The SMILES string of the molecule is CCCCCCCOc1cc2c(cc1OCCCCCCC)C#Cc1cc(OCCCCCCC)c(OCCCCCCC)cc1C#Cc1cc(OCCCCCCC)c(OCCCCCCC)cc1C#C2. The first kappa shape index (κ1) is 59.7. The lowest BCUT2D eigenvalue weighted by molar-refractivity contribution is 0.258. The maximum Gasteiger partial charge on any atom is 0.162 e. The second kappa shape index (κ2) is 38.7. The summed E-state index contributed by atoms with van der Waals surface area (Å²) in [7, 11) is 0. The predicted molar refractivity (Wildman–Crippen MR) is 303 cm³/mol. The highest BCUT2D eigenvalue weighted by atomic mass is 16.5. The fraction of sp³-hybridized carbons (Fsp3) is 0.636. The minimum absolute atomic E-state index is 0.616. The third kappa shape index (κ3) is 23.8. The Balaban J connectivity index is 1.90. The fourth-order valence-corrected chi connectivity index (χ4v) is 8.71. The third-order valence-electron chi connectivity index (χ3n) is 13.3. The van der Waals surface area contributed by atoms with Crippen molar-refractivity contribution in [3.8, 4) is 70.0 Å². The van der Waals surface area contributed by atoms with E-state index in [4.69, 9.17) is 28.4 Å². The topological polar surface area (TPSA) is 55.4 Å². The monoisotopic (exact) mass is 985 g/mol. The Morgan fingerprint density at radius 3 is 0.486 bits per heavy atom. The highest BCUT2D eigenvalue weighted by molar-refractivity contribution is 5.67. The number of hydrogen-bond acceptors (Lipinski definition) is 6. The normalized spacial score (nSPS) is 11.2. The Morgan fingerprint density at radius 2 is 0.347 bits per heavy atom. The van der Waals surface area contributed by atoms with E-state index in [0.29, 0.717) is 74.1 Å². The molecule has 1 aliphatic carbocycles. The Kier molecular flexibility index (Phi) is 32.1. The summed E-state index contributed by atoms with van der Waals surface area (Å²) in [5.74, 6) is 25.6. The van der Waals surface area contributed by atoms with Crippen LogP contribution in [0.4, 0.5) is 0 Å². The van der Waals surface area contributed by atoms with Crippen LogP contribution in [0.2, 0.25) is 0 Å². The molecule has 0 saturated heterocycles. The summed E-state index contributed by atoms with van der Waals surface area (Å²) in [5, 5.41) is 0. The van der Waals surface area contributed by atoms with Gasteiger partial charge >= 0.3 is 0 Å². The zero-order chi connectivity index (χ0) is 51.1. The van der Waals surface area contributed by atoms with Gasteiger partial charge in [-0.05, 0) is 38.5 Å². The first-order valence-electron chi connectivity index (χ1n) is 29.4. The summed E-state index contributed by atoms with van der Waals surface area (Å²) in [6.07, 6.45) is 34.7. The van der Waals surface area contributed by atoms with Crippen LogP contribution in [0, 0.1) is 35.5 Å². The van der Waals surface area contributed by atoms with E-state index >= 15 is 0 Å². The van der Waals surface area contributed by atoms with Gasteiger partial charge in [0.2, 0.25) is 0 Å². The van der Waals surface area contributed by atoms with Crippen molar-refractivity contribution >= 4 is 0 Å². The van der Waals surface area contributed by atoms with E-state index in [2.05, 4.69) is 77.1 Å². The summed E-state index contributed by atoms with van der Waals surface area (Å²) in [4.78, 5) is 0. The molecule has 3 aromatic rings. The third-order valence-corrected chi connectivity index (χ3v) is 13.3. The quantitative estimate of drug-likeness (QED) is 0.0326. The zero-order valence-electron chi connectivity index (χ0n) is 46.4. The standard InChI is InChI=1S/C66H96O6/c1-7-13-19-25-31-43-67-61-49-55-37-38-57-51-63(69-45-33-27-21-15-9-3)65(71-47-35-29-23-17-11-5)53-59(57)41-42-60-54-66(72-48-36-30-24-18-12-6)64(70-46-34-28-22-16-10-4)52-58(60)40-39-56(55)50-62(61)68-44-32-26-20-14-8-2/h49-54H,7-36,43-48H2,1-6H3. The molecule has 0 saturated carbocycles. The summed E-state index contributed by atoms with van der Waals surface area (Å²) < 4.78 is 39.5. The molecule has 4 rings (SSSR count). The van der Waals surface area contributed by atoms with E-state index in [1.165, 1.54) is 116 Å². The highest BCUT2D eigenvalue weighted by Crippen LogP contribution is 2.36. The number of hydrogen-bond donors (Lipinski definition) is 0. The van der Waals surface area contributed by atoms with Crippen molar-refractivity contribution in [2.45, 2.75) is 234 Å². The maximum absolute atomic E-state index is 6.59. The van der Waals surface area contributed by atoms with Gasteiger partial charge < -0.3 is 28.4 Å². The molecule has 1 aliphatic rings. The number of benzene rings is 3. The molecule has 0 fully saturated rings. The summed E-state index contributed by atoms with van der Waals surface area (Å²) >= 11 is 0. The van der Waals surface area contributed by atoms with Gasteiger partial charge in [-0.2, -0.15) is 0 Å². The van der Waals surface area contributed by atoms with Crippen LogP contribution in [-0.4, -0.2) is 39.6 Å². The highest BCUT2D eigenvalue weighted by Gasteiger charge is 2.17. The molecule has 396 valence electrons. The van der Waals surface area contributed by atoms with Crippen LogP contribution in [0.25, 0.3) is 0 Å². The first-order valence-corrected chi connectivity index (χ1v) is 29.4. The van der Waals surface area contributed by atoms with Crippen molar-refractivity contribution in [1.82, 2.24) is 0 Å². The molecule has 0 radical (unpaired) electrons. The van der Waals surface area contributed by atoms with Crippen molar-refractivity contribution < 1.29 is 28.4 Å². The van der Waals surface area contributed by atoms with Crippen LogP contribution in [0.15, 0.2) is 36.4 Å². The lowest BCUT2D eigenvalue weighted by Crippen LogP contribution is -2.05. The zero-order valence-corrected chi connectivity index (χ0v) is 46.4. The summed E-state index contributed by atoms with van der Waals surface area (Å²) in [6.45, 7) is 17.2. The Morgan fingerprint density at radius 1 is 0.208 bits per heavy atom. The number of unbranched alkanes of at least 4 members (excludes halogenated alkanes) is 24. The summed E-state index contributed by atoms with van der Waals surface area (Å²) in [6, 6.07) is 12.3. The molecule has 0 aliphatic heterocycles. The van der Waals surface area contributed by atoms with E-state index in [9.17, 15) is 0 Å². The first-order chi connectivity index (χ1) is 35.5. The van der Waals surface area contributed by atoms with Gasteiger partial charge in [0.1, 0.15) is 0 Å². The average molecular weight is 985 g/mol. The van der Waals surface area contributed by atoms with Gasteiger partial charge in [-0.15, -0.1) is 0 Å². The molecule has 3 aromatic carbocycles. The number of fused-ring (bicyclic) bond motifs is 3. The van der Waals surface area contributed by atoms with Crippen molar-refractivity contribution in [3.05, 3.63) is 69.8 Å². The van der Waals surface area contributed by atoms with Crippen molar-refractivity contribution in [2.24, 2.45) is 0 Å². The van der Waals surface area contributed by atoms with E-state index in [-0.39, 0.29) is 0 Å². The Hall–Kier alpha value is -4.86. The van der Waals surface area contributed by atoms with Gasteiger partial charge in [-0.3, -0.25) is 0 Å². The van der Waals surface area contributed by atoms with Gasteiger partial charge in [0.15, 0.2) is 34.5 Å². The van der Waals surface area contributed by atoms with Gasteiger partial charge in [0.05, 0.1) is 39.6 Å². The van der Waals surface area contributed by atoms with Gasteiger partial charge in [-0.1, -0.05) is 231 Å². The Labute approximate surface area is 440 Å². The van der Waals surface area contributed by atoms with Crippen LogP contribution in [0.3, 0.4) is 0 Å². The average Bonchev–Trinajstić information content (AvgIpc) is 3.39. The molecule has 0 aromatic heterocycles. The summed E-state index contributed by atoms with van der Waals surface area (Å²) in [5.41, 5.74) is 4.65. The molecule has 0 N–H and O–H groups in total. The molecule has 0 amide bonds. The van der Waals surface area contributed by atoms with Crippen molar-refractivity contribution in [2.75, 3.05) is 39.6 Å². The lowest BCUT2D eigenvalue weighted by atomic mass is 10.0. The van der Waals surface area contributed by atoms with Crippen LogP contribution in [0.1, 0.15) is 268 Å². The number of ether oxygens (including phenoxy) is 6. The molecule has 72 heavy (non-hydrogen) atoms. The van der Waals surface area contributed by atoms with Gasteiger partial charge in [-0.25, -0.2) is 0 Å². The molecular formula is C66H96O6. The number of rotatable bonds is 42. The van der Waals surface area contributed by atoms with Crippen LogP contribution >= 0.6 is 0 Å². The van der Waals surface area contributed by atoms with E-state index in [0.717, 1.165) is 110 Å². The predicted octanol–water partition coefficient (Wildman–Crippen LogP) is 18.3. The van der Waals surface area contributed by atoms with Crippen LogP contribution in [-0.2, 0) is 0 Å². The molecule has 6 nitrogen and oxygen atoms in total. The largest absolute Gasteiger partial charge is 0.490 e. The van der Waals surface area contributed by atoms with Gasteiger partial charge in [0.25, 0.3) is 0 Å². The van der Waals surface area contributed by atoms with Crippen molar-refractivity contribution in [3.63, 3.8) is 0 Å². The minimum Gasteiger partial charge on any atom is -0.490 e.